The van der Waals surface area contributed by atoms with Crippen LogP contribution in [0.2, 0.25) is 0 Å². The number of rotatable bonds is 6. The molecule has 4 nitrogen and oxygen atoms in total. The number of thiazole rings is 1. The third-order valence-corrected chi connectivity index (χ3v) is 4.59. The Morgan fingerprint density at radius 2 is 1.85 bits per heavy atom. The molecule has 0 saturated carbocycles. The predicted octanol–water partition coefficient (Wildman–Crippen LogP) is 4.20. The molecular weight excluding hydrogens is 347 g/mol. The van der Waals surface area contributed by atoms with Crippen LogP contribution in [0.4, 0.5) is 4.39 Å². The van der Waals surface area contributed by atoms with Crippen molar-refractivity contribution in [3.63, 3.8) is 0 Å². The maximum Gasteiger partial charge on any atom is 0.191 e. The van der Waals surface area contributed by atoms with Crippen LogP contribution >= 0.6 is 11.3 Å². The second kappa shape index (κ2) is 9.10. The van der Waals surface area contributed by atoms with Crippen molar-refractivity contribution < 1.29 is 4.39 Å². The Hall–Kier alpha value is -2.73. The maximum atomic E-state index is 13.7. The number of benzene rings is 2. The van der Waals surface area contributed by atoms with E-state index in [0.717, 1.165) is 22.8 Å². The minimum absolute atomic E-state index is 0.237. The van der Waals surface area contributed by atoms with Gasteiger partial charge in [0.15, 0.2) is 5.96 Å². The van der Waals surface area contributed by atoms with Gasteiger partial charge in [-0.25, -0.2) is 14.4 Å². The Morgan fingerprint density at radius 1 is 1.08 bits per heavy atom. The van der Waals surface area contributed by atoms with E-state index in [9.17, 15) is 4.39 Å². The summed E-state index contributed by atoms with van der Waals surface area (Å²) in [5.74, 6) is 0.409. The molecule has 0 spiro atoms. The Bertz CT molecular complexity index is 861. The average molecular weight is 368 g/mol. The molecule has 0 bridgehead atoms. The first kappa shape index (κ1) is 18.1. The van der Waals surface area contributed by atoms with Crippen LogP contribution in [-0.4, -0.2) is 17.5 Å². The first-order valence-electron chi connectivity index (χ1n) is 8.51. The van der Waals surface area contributed by atoms with Crippen LogP contribution in [0.3, 0.4) is 0 Å². The van der Waals surface area contributed by atoms with Gasteiger partial charge in [0, 0.05) is 23.1 Å². The molecule has 26 heavy (non-hydrogen) atoms. The zero-order valence-electron chi connectivity index (χ0n) is 14.6. The molecule has 3 aromatic rings. The maximum absolute atomic E-state index is 13.7. The molecule has 0 aliphatic rings. The fraction of sp³-hybridized carbons (Fsp3) is 0.200. The molecule has 0 aliphatic carbocycles. The number of nitrogens with one attached hydrogen (secondary N) is 2. The summed E-state index contributed by atoms with van der Waals surface area (Å²) in [6, 6.07) is 16.8. The number of hydrogen-bond acceptors (Lipinski definition) is 3. The third-order valence-electron chi connectivity index (χ3n) is 3.74. The van der Waals surface area contributed by atoms with Crippen molar-refractivity contribution in [1.82, 2.24) is 15.6 Å². The van der Waals surface area contributed by atoms with Crippen LogP contribution in [0.5, 0.6) is 0 Å². The summed E-state index contributed by atoms with van der Waals surface area (Å²) in [7, 11) is 0. The Labute approximate surface area is 156 Å². The van der Waals surface area contributed by atoms with E-state index in [1.54, 1.807) is 23.5 Å². The monoisotopic (exact) mass is 368 g/mol. The number of aromatic nitrogens is 1. The number of hydrogen-bond donors (Lipinski definition) is 2. The van der Waals surface area contributed by atoms with Crippen LogP contribution in [-0.2, 0) is 13.1 Å². The molecule has 0 amide bonds. The minimum Gasteiger partial charge on any atom is -0.357 e. The molecule has 2 N–H and O–H groups in total. The fourth-order valence-corrected chi connectivity index (χ4v) is 3.17. The average Bonchev–Trinajstić information content (AvgIpc) is 3.15. The summed E-state index contributed by atoms with van der Waals surface area (Å²) in [5, 5.41) is 9.45. The highest BCUT2D eigenvalue weighted by molar-refractivity contribution is 7.09. The Kier molecular flexibility index (Phi) is 6.33. The Morgan fingerprint density at radius 3 is 2.62 bits per heavy atom. The standard InChI is InChI=1S/C20H21FN4S/c1-2-22-20(23-12-16-10-6-7-11-17(16)21)24-13-19-25-18(14-26-19)15-8-4-3-5-9-15/h3-11,14H,2,12-13H2,1H3,(H2,22,23,24). The Balaban J connectivity index is 1.63. The van der Waals surface area contributed by atoms with Crippen molar-refractivity contribution in [3.8, 4) is 11.3 Å². The lowest BCUT2D eigenvalue weighted by Crippen LogP contribution is -2.36. The number of aliphatic imine (C=N–C) groups is 1. The van der Waals surface area contributed by atoms with E-state index in [4.69, 9.17) is 0 Å². The lowest BCUT2D eigenvalue weighted by molar-refractivity contribution is 0.610. The van der Waals surface area contributed by atoms with Crippen molar-refractivity contribution in [2.24, 2.45) is 4.99 Å². The smallest absolute Gasteiger partial charge is 0.191 e. The van der Waals surface area contributed by atoms with Crippen molar-refractivity contribution in [3.05, 3.63) is 76.4 Å². The molecule has 0 saturated heterocycles. The van der Waals surface area contributed by atoms with Gasteiger partial charge in [-0.2, -0.15) is 0 Å². The second-order valence-electron chi connectivity index (χ2n) is 5.63. The van der Waals surface area contributed by atoms with E-state index in [0.29, 0.717) is 18.1 Å². The first-order chi connectivity index (χ1) is 12.8. The van der Waals surface area contributed by atoms with Gasteiger partial charge in [0.2, 0.25) is 0 Å². The quantitative estimate of drug-likeness (QED) is 0.506. The molecule has 2 aromatic carbocycles. The summed E-state index contributed by atoms with van der Waals surface area (Å²) < 4.78 is 13.7. The van der Waals surface area contributed by atoms with Crippen LogP contribution in [0.15, 0.2) is 65.0 Å². The SMILES string of the molecule is CCNC(=NCc1ccccc1F)NCc1nc(-c2ccccc2)cs1. The zero-order valence-corrected chi connectivity index (χ0v) is 15.4. The summed E-state index contributed by atoms with van der Waals surface area (Å²) in [5.41, 5.74) is 2.65. The summed E-state index contributed by atoms with van der Waals surface area (Å²) >= 11 is 1.60. The lowest BCUT2D eigenvalue weighted by Gasteiger charge is -2.10. The number of halogens is 1. The molecule has 1 heterocycles. The summed E-state index contributed by atoms with van der Waals surface area (Å²) in [4.78, 5) is 9.11. The number of guanidine groups is 1. The van der Waals surface area contributed by atoms with E-state index in [1.807, 2.05) is 43.3 Å². The second-order valence-corrected chi connectivity index (χ2v) is 6.58. The minimum atomic E-state index is -0.237. The van der Waals surface area contributed by atoms with Gasteiger partial charge in [0.25, 0.3) is 0 Å². The summed E-state index contributed by atoms with van der Waals surface area (Å²) in [6.07, 6.45) is 0. The fourth-order valence-electron chi connectivity index (χ4n) is 2.43. The highest BCUT2D eigenvalue weighted by Gasteiger charge is 2.06. The van der Waals surface area contributed by atoms with Gasteiger partial charge in [-0.1, -0.05) is 48.5 Å². The topological polar surface area (TPSA) is 49.3 Å². The first-order valence-corrected chi connectivity index (χ1v) is 9.39. The molecule has 134 valence electrons. The predicted molar refractivity (Wildman–Crippen MR) is 106 cm³/mol. The van der Waals surface area contributed by atoms with E-state index >= 15 is 0 Å². The van der Waals surface area contributed by atoms with Gasteiger partial charge in [-0.05, 0) is 13.0 Å². The van der Waals surface area contributed by atoms with Gasteiger partial charge >= 0.3 is 0 Å². The van der Waals surface area contributed by atoms with Crippen molar-refractivity contribution in [1.29, 1.82) is 0 Å². The third kappa shape index (κ3) is 4.89. The molecule has 6 heteroatoms. The molecule has 0 radical (unpaired) electrons. The van der Waals surface area contributed by atoms with E-state index in [-0.39, 0.29) is 12.4 Å². The van der Waals surface area contributed by atoms with Crippen molar-refractivity contribution in [2.45, 2.75) is 20.0 Å². The van der Waals surface area contributed by atoms with Crippen LogP contribution in [0.25, 0.3) is 11.3 Å². The largest absolute Gasteiger partial charge is 0.357 e. The van der Waals surface area contributed by atoms with Crippen molar-refractivity contribution in [2.75, 3.05) is 6.54 Å². The van der Waals surface area contributed by atoms with Crippen LogP contribution in [0.1, 0.15) is 17.5 Å². The lowest BCUT2D eigenvalue weighted by atomic mass is 10.2. The van der Waals surface area contributed by atoms with Gasteiger partial charge < -0.3 is 10.6 Å². The van der Waals surface area contributed by atoms with Gasteiger partial charge in [-0.3, -0.25) is 0 Å². The van der Waals surface area contributed by atoms with Crippen molar-refractivity contribution >= 4 is 17.3 Å². The highest BCUT2D eigenvalue weighted by Crippen LogP contribution is 2.21. The van der Waals surface area contributed by atoms with Crippen LogP contribution in [0, 0.1) is 5.82 Å². The summed E-state index contributed by atoms with van der Waals surface area (Å²) in [6.45, 7) is 3.59. The van der Waals surface area contributed by atoms with E-state index in [2.05, 4.69) is 26.0 Å². The molecule has 1 aromatic heterocycles. The zero-order chi connectivity index (χ0) is 18.2. The molecule has 0 atom stereocenters. The van der Waals surface area contributed by atoms with E-state index in [1.165, 1.54) is 6.07 Å². The molecule has 0 aliphatic heterocycles. The van der Waals surface area contributed by atoms with Crippen LogP contribution < -0.4 is 10.6 Å². The van der Waals surface area contributed by atoms with Gasteiger partial charge in [-0.15, -0.1) is 11.3 Å². The molecule has 3 rings (SSSR count). The number of nitrogens with zero attached hydrogens (tertiary/aromatic N) is 2. The van der Waals surface area contributed by atoms with E-state index < -0.39 is 0 Å². The molecule has 0 fully saturated rings. The molecular formula is C20H21FN4S. The highest BCUT2D eigenvalue weighted by atomic mass is 32.1. The van der Waals surface area contributed by atoms with Gasteiger partial charge in [0.05, 0.1) is 18.8 Å². The van der Waals surface area contributed by atoms with Gasteiger partial charge in [0.1, 0.15) is 10.8 Å². The molecule has 0 unspecified atom stereocenters. The normalized spacial score (nSPS) is 11.4.